The highest BCUT2D eigenvalue weighted by Gasteiger charge is 2.30. The molecule has 2 heterocycles. The molecule has 6 heteroatoms. The van der Waals surface area contributed by atoms with Crippen molar-refractivity contribution in [1.29, 1.82) is 0 Å². The molecule has 25 heavy (non-hydrogen) atoms. The molecule has 0 aromatic heterocycles. The van der Waals surface area contributed by atoms with Gasteiger partial charge < -0.3 is 19.9 Å². The van der Waals surface area contributed by atoms with Gasteiger partial charge in [-0.2, -0.15) is 0 Å². The van der Waals surface area contributed by atoms with Crippen molar-refractivity contribution in [2.75, 3.05) is 53.4 Å². The minimum absolute atomic E-state index is 0.221. The number of hydrogen-bond acceptors (Lipinski definition) is 5. The van der Waals surface area contributed by atoms with Crippen molar-refractivity contribution < 1.29 is 9.53 Å². The van der Waals surface area contributed by atoms with Crippen LogP contribution in [0.4, 0.5) is 4.79 Å². The van der Waals surface area contributed by atoms with Gasteiger partial charge in [-0.3, -0.25) is 4.90 Å². The lowest BCUT2D eigenvalue weighted by Crippen LogP contribution is -2.53. The van der Waals surface area contributed by atoms with Gasteiger partial charge in [0.2, 0.25) is 0 Å². The van der Waals surface area contributed by atoms with Gasteiger partial charge in [0.05, 0.1) is 0 Å². The fraction of sp³-hybridized carbons (Fsp3) is 0.947. The molecule has 2 rings (SSSR count). The number of rotatable bonds is 5. The maximum absolute atomic E-state index is 12.2. The van der Waals surface area contributed by atoms with E-state index in [2.05, 4.69) is 22.2 Å². The van der Waals surface area contributed by atoms with E-state index in [0.717, 1.165) is 26.2 Å². The maximum Gasteiger partial charge on any atom is 0.410 e. The van der Waals surface area contributed by atoms with Crippen LogP contribution < -0.4 is 5.32 Å². The molecule has 2 aliphatic rings. The van der Waals surface area contributed by atoms with E-state index in [1.54, 1.807) is 4.90 Å². The zero-order chi connectivity index (χ0) is 18.4. The first-order chi connectivity index (χ1) is 11.8. The van der Waals surface area contributed by atoms with Crippen LogP contribution in [0, 0.1) is 0 Å². The van der Waals surface area contributed by atoms with Crippen LogP contribution in [0.25, 0.3) is 0 Å². The van der Waals surface area contributed by atoms with Gasteiger partial charge in [-0.1, -0.05) is 0 Å². The molecule has 0 atom stereocenters. The molecule has 1 N–H and O–H groups in total. The van der Waals surface area contributed by atoms with Gasteiger partial charge >= 0.3 is 6.09 Å². The van der Waals surface area contributed by atoms with Crippen molar-refractivity contribution >= 4 is 6.09 Å². The molecule has 0 aromatic rings. The third-order valence-corrected chi connectivity index (χ3v) is 5.33. The predicted molar refractivity (Wildman–Crippen MR) is 102 cm³/mol. The number of carbonyl (C=O) groups is 1. The largest absolute Gasteiger partial charge is 0.444 e. The van der Waals surface area contributed by atoms with Gasteiger partial charge in [0.25, 0.3) is 0 Å². The second-order valence-corrected chi connectivity index (χ2v) is 8.66. The molecule has 0 saturated carbocycles. The molecule has 1 amide bonds. The molecule has 6 nitrogen and oxygen atoms in total. The van der Waals surface area contributed by atoms with E-state index < -0.39 is 5.60 Å². The van der Waals surface area contributed by atoms with Crippen molar-refractivity contribution in [2.24, 2.45) is 0 Å². The number of ether oxygens (including phenoxy) is 1. The summed E-state index contributed by atoms with van der Waals surface area (Å²) in [5, 5.41) is 3.47. The Bertz CT molecular complexity index is 410. The van der Waals surface area contributed by atoms with Crippen LogP contribution in [0.5, 0.6) is 0 Å². The summed E-state index contributed by atoms with van der Waals surface area (Å²) in [5.41, 5.74) is -0.436. The molecule has 0 spiro atoms. The topological polar surface area (TPSA) is 48.0 Å². The second-order valence-electron chi connectivity index (χ2n) is 8.66. The zero-order valence-corrected chi connectivity index (χ0v) is 16.9. The van der Waals surface area contributed by atoms with E-state index in [0.29, 0.717) is 12.1 Å². The summed E-state index contributed by atoms with van der Waals surface area (Å²) in [4.78, 5) is 19.1. The molecule has 0 aromatic carbocycles. The summed E-state index contributed by atoms with van der Waals surface area (Å²) in [7, 11) is 4.06. The lowest BCUT2D eigenvalue weighted by molar-refractivity contribution is 0.0213. The van der Waals surface area contributed by atoms with Crippen molar-refractivity contribution in [2.45, 2.75) is 64.1 Å². The Morgan fingerprint density at radius 1 is 1.08 bits per heavy atom. The third kappa shape index (κ3) is 6.76. The zero-order valence-electron chi connectivity index (χ0n) is 16.9. The summed E-state index contributed by atoms with van der Waals surface area (Å²) in [6.45, 7) is 12.0. The van der Waals surface area contributed by atoms with Crippen molar-refractivity contribution in [3.8, 4) is 0 Å². The van der Waals surface area contributed by atoms with Crippen LogP contribution in [-0.2, 0) is 4.74 Å². The van der Waals surface area contributed by atoms with Crippen LogP contribution >= 0.6 is 0 Å². The summed E-state index contributed by atoms with van der Waals surface area (Å²) in [6.07, 6.45) is 4.67. The van der Waals surface area contributed by atoms with Gasteiger partial charge in [0.1, 0.15) is 5.60 Å². The van der Waals surface area contributed by atoms with Crippen LogP contribution in [0.3, 0.4) is 0 Å². The third-order valence-electron chi connectivity index (χ3n) is 5.33. The molecule has 0 unspecified atom stereocenters. The highest BCUT2D eigenvalue weighted by atomic mass is 16.6. The van der Waals surface area contributed by atoms with Crippen molar-refractivity contribution in [1.82, 2.24) is 20.0 Å². The maximum atomic E-state index is 12.2. The Hall–Kier alpha value is -0.850. The number of hydrogen-bond donors (Lipinski definition) is 1. The Morgan fingerprint density at radius 2 is 1.64 bits per heavy atom. The van der Waals surface area contributed by atoms with E-state index in [9.17, 15) is 4.79 Å². The summed E-state index contributed by atoms with van der Waals surface area (Å²) >= 11 is 0. The number of likely N-dealkylation sites (tertiary alicyclic amines) is 1. The number of nitrogens with one attached hydrogen (secondary N) is 1. The Morgan fingerprint density at radius 3 is 2.20 bits per heavy atom. The Balaban J connectivity index is 1.92. The highest BCUT2D eigenvalue weighted by Crippen LogP contribution is 2.22. The number of carbonyl (C=O) groups excluding carboxylic acids is 1. The number of nitrogens with zero attached hydrogens (tertiary/aromatic N) is 3. The minimum atomic E-state index is -0.436. The molecular weight excluding hydrogens is 316 g/mol. The molecule has 0 radical (unpaired) electrons. The smallest absolute Gasteiger partial charge is 0.410 e. The average molecular weight is 355 g/mol. The van der Waals surface area contributed by atoms with E-state index in [1.807, 2.05) is 27.8 Å². The van der Waals surface area contributed by atoms with Crippen LogP contribution in [0.2, 0.25) is 0 Å². The normalized spacial score (nSPS) is 21.5. The molecule has 2 fully saturated rings. The average Bonchev–Trinajstić information content (AvgIpc) is 2.56. The first kappa shape index (κ1) is 20.5. The van der Waals surface area contributed by atoms with E-state index in [-0.39, 0.29) is 6.09 Å². The SMILES string of the molecule is CN1CCC(N(CCN(C)C(=O)OC(C)(C)C)C2CCNCC2)CC1. The lowest BCUT2D eigenvalue weighted by atomic mass is 9.97. The molecule has 2 saturated heterocycles. The number of piperidine rings is 2. The monoisotopic (exact) mass is 354 g/mol. The molecule has 146 valence electrons. The van der Waals surface area contributed by atoms with Gasteiger partial charge in [-0.05, 0) is 79.7 Å². The van der Waals surface area contributed by atoms with E-state index >= 15 is 0 Å². The fourth-order valence-corrected chi connectivity index (χ4v) is 3.82. The van der Waals surface area contributed by atoms with Gasteiger partial charge in [0.15, 0.2) is 0 Å². The van der Waals surface area contributed by atoms with E-state index in [4.69, 9.17) is 4.74 Å². The first-order valence-electron chi connectivity index (χ1n) is 9.85. The summed E-state index contributed by atoms with van der Waals surface area (Å²) in [5.74, 6) is 0. The number of likely N-dealkylation sites (N-methyl/N-ethyl adjacent to an activating group) is 1. The standard InChI is InChI=1S/C19H38N4O2/c1-19(2,3)25-18(24)22(5)14-15-23(16-6-10-20-11-7-16)17-8-12-21(4)13-9-17/h16-17,20H,6-15H2,1-5H3. The molecule has 0 aliphatic carbocycles. The quantitative estimate of drug-likeness (QED) is 0.818. The van der Waals surface area contributed by atoms with Crippen molar-refractivity contribution in [3.63, 3.8) is 0 Å². The van der Waals surface area contributed by atoms with E-state index in [1.165, 1.54) is 38.8 Å². The van der Waals surface area contributed by atoms with Gasteiger partial charge in [-0.15, -0.1) is 0 Å². The van der Waals surface area contributed by atoms with Crippen LogP contribution in [0.15, 0.2) is 0 Å². The van der Waals surface area contributed by atoms with Crippen molar-refractivity contribution in [3.05, 3.63) is 0 Å². The minimum Gasteiger partial charge on any atom is -0.444 e. The summed E-state index contributed by atoms with van der Waals surface area (Å²) in [6, 6.07) is 1.29. The highest BCUT2D eigenvalue weighted by molar-refractivity contribution is 5.67. The number of amides is 1. The summed E-state index contributed by atoms with van der Waals surface area (Å²) < 4.78 is 5.49. The Kier molecular flexibility index (Phi) is 7.52. The Labute approximate surface area is 153 Å². The van der Waals surface area contributed by atoms with Gasteiger partial charge in [0, 0.05) is 32.2 Å². The molecule has 0 bridgehead atoms. The van der Waals surface area contributed by atoms with Crippen LogP contribution in [-0.4, -0.2) is 91.8 Å². The molecular formula is C19H38N4O2. The van der Waals surface area contributed by atoms with Gasteiger partial charge in [-0.25, -0.2) is 4.79 Å². The van der Waals surface area contributed by atoms with Crippen LogP contribution in [0.1, 0.15) is 46.5 Å². The molecule has 2 aliphatic heterocycles. The fourth-order valence-electron chi connectivity index (χ4n) is 3.82. The second kappa shape index (κ2) is 9.19. The first-order valence-corrected chi connectivity index (χ1v) is 9.85. The lowest BCUT2D eigenvalue weighted by Gasteiger charge is -2.43. The predicted octanol–water partition coefficient (Wildman–Crippen LogP) is 2.00.